The van der Waals surface area contributed by atoms with Gasteiger partial charge in [-0.05, 0) is 37.1 Å². The van der Waals surface area contributed by atoms with Crippen LogP contribution in [0.15, 0.2) is 24.3 Å². The van der Waals surface area contributed by atoms with Gasteiger partial charge < -0.3 is 20.3 Å². The van der Waals surface area contributed by atoms with E-state index in [9.17, 15) is 14.4 Å². The number of carbonyl (C=O) groups is 3. The Balaban J connectivity index is 1.43. The minimum Gasteiger partial charge on any atom is -0.379 e. The summed E-state index contributed by atoms with van der Waals surface area (Å²) in [5.41, 5.74) is 1.40. The van der Waals surface area contributed by atoms with E-state index >= 15 is 0 Å². The molecule has 0 bridgehead atoms. The van der Waals surface area contributed by atoms with Gasteiger partial charge in [0.1, 0.15) is 0 Å². The number of amides is 3. The lowest BCUT2D eigenvalue weighted by Crippen LogP contribution is -2.43. The van der Waals surface area contributed by atoms with Gasteiger partial charge >= 0.3 is 0 Å². The molecule has 8 heteroatoms. The number of anilines is 2. The standard InChI is InChI=1S/C22H32N4O4/c1-16(2)22(29)26-9-7-17(8-10-26)21(28)24-19-5-3-18(4-6-19)23-20(27)15-25-11-13-30-14-12-25/h3-6,16-17H,7-15H2,1-2H3,(H,23,27)(H,24,28). The van der Waals surface area contributed by atoms with Gasteiger partial charge in [0.2, 0.25) is 17.7 Å². The predicted molar refractivity (Wildman–Crippen MR) is 115 cm³/mol. The van der Waals surface area contributed by atoms with Gasteiger partial charge in [0, 0.05) is 49.4 Å². The molecule has 2 heterocycles. The van der Waals surface area contributed by atoms with E-state index in [1.54, 1.807) is 24.3 Å². The monoisotopic (exact) mass is 416 g/mol. The number of piperidine rings is 1. The number of likely N-dealkylation sites (tertiary alicyclic amines) is 1. The average Bonchev–Trinajstić information content (AvgIpc) is 2.75. The molecule has 3 amide bonds. The maximum absolute atomic E-state index is 12.6. The summed E-state index contributed by atoms with van der Waals surface area (Å²) in [6, 6.07) is 7.16. The van der Waals surface area contributed by atoms with Crippen LogP contribution in [0.1, 0.15) is 26.7 Å². The van der Waals surface area contributed by atoms with Crippen molar-refractivity contribution >= 4 is 29.1 Å². The van der Waals surface area contributed by atoms with E-state index in [0.717, 1.165) is 13.1 Å². The van der Waals surface area contributed by atoms with Crippen molar-refractivity contribution < 1.29 is 19.1 Å². The SMILES string of the molecule is CC(C)C(=O)N1CCC(C(=O)Nc2ccc(NC(=O)CN3CCOCC3)cc2)CC1. The summed E-state index contributed by atoms with van der Waals surface area (Å²) < 4.78 is 5.29. The quantitative estimate of drug-likeness (QED) is 0.738. The summed E-state index contributed by atoms with van der Waals surface area (Å²) in [5, 5.41) is 5.83. The molecule has 2 aliphatic heterocycles. The Morgan fingerprint density at radius 3 is 2.10 bits per heavy atom. The van der Waals surface area contributed by atoms with Crippen molar-refractivity contribution in [2.24, 2.45) is 11.8 Å². The van der Waals surface area contributed by atoms with Gasteiger partial charge in [0.15, 0.2) is 0 Å². The Morgan fingerprint density at radius 1 is 0.967 bits per heavy atom. The van der Waals surface area contributed by atoms with E-state index in [0.29, 0.717) is 57.1 Å². The van der Waals surface area contributed by atoms with Gasteiger partial charge in [-0.15, -0.1) is 0 Å². The van der Waals surface area contributed by atoms with Crippen LogP contribution in [0.4, 0.5) is 11.4 Å². The second-order valence-electron chi connectivity index (χ2n) is 8.26. The number of morpholine rings is 1. The molecular weight excluding hydrogens is 384 g/mol. The average molecular weight is 417 g/mol. The number of nitrogens with zero attached hydrogens (tertiary/aromatic N) is 2. The lowest BCUT2D eigenvalue weighted by molar-refractivity contribution is -0.137. The molecule has 0 atom stereocenters. The molecular formula is C22H32N4O4. The molecule has 1 aromatic rings. The molecule has 0 saturated carbocycles. The first-order valence-corrected chi connectivity index (χ1v) is 10.7. The molecule has 30 heavy (non-hydrogen) atoms. The maximum atomic E-state index is 12.6. The van der Waals surface area contributed by atoms with Crippen LogP contribution in [0.5, 0.6) is 0 Å². The number of hydrogen-bond acceptors (Lipinski definition) is 5. The van der Waals surface area contributed by atoms with Crippen LogP contribution in [0, 0.1) is 11.8 Å². The van der Waals surface area contributed by atoms with E-state index in [1.807, 2.05) is 18.7 Å². The lowest BCUT2D eigenvalue weighted by atomic mass is 9.95. The molecule has 0 unspecified atom stereocenters. The molecule has 1 aromatic carbocycles. The van der Waals surface area contributed by atoms with Crippen molar-refractivity contribution in [1.29, 1.82) is 0 Å². The first-order chi connectivity index (χ1) is 14.4. The number of carbonyl (C=O) groups excluding carboxylic acids is 3. The number of benzene rings is 1. The molecule has 2 aliphatic rings. The van der Waals surface area contributed by atoms with Gasteiger partial charge in [0.05, 0.1) is 19.8 Å². The predicted octanol–water partition coefficient (Wildman–Crippen LogP) is 1.79. The van der Waals surface area contributed by atoms with E-state index in [4.69, 9.17) is 4.74 Å². The smallest absolute Gasteiger partial charge is 0.238 e. The highest BCUT2D eigenvalue weighted by atomic mass is 16.5. The zero-order valence-electron chi connectivity index (χ0n) is 17.9. The first-order valence-electron chi connectivity index (χ1n) is 10.7. The van der Waals surface area contributed by atoms with Crippen molar-refractivity contribution in [1.82, 2.24) is 9.80 Å². The van der Waals surface area contributed by atoms with Gasteiger partial charge in [0.25, 0.3) is 0 Å². The van der Waals surface area contributed by atoms with Gasteiger partial charge in [-0.2, -0.15) is 0 Å². The van der Waals surface area contributed by atoms with Crippen LogP contribution < -0.4 is 10.6 Å². The van der Waals surface area contributed by atoms with E-state index in [2.05, 4.69) is 15.5 Å². The molecule has 0 aliphatic carbocycles. The van der Waals surface area contributed by atoms with Crippen molar-refractivity contribution in [3.8, 4) is 0 Å². The third-order valence-corrected chi connectivity index (χ3v) is 5.58. The third kappa shape index (κ3) is 6.27. The zero-order chi connectivity index (χ0) is 21.5. The third-order valence-electron chi connectivity index (χ3n) is 5.58. The minimum atomic E-state index is -0.0888. The maximum Gasteiger partial charge on any atom is 0.238 e. The van der Waals surface area contributed by atoms with E-state index in [-0.39, 0.29) is 29.6 Å². The Morgan fingerprint density at radius 2 is 1.53 bits per heavy atom. The molecule has 0 radical (unpaired) electrons. The lowest BCUT2D eigenvalue weighted by Gasteiger charge is -2.32. The first kappa shape index (κ1) is 22.2. The molecule has 2 N–H and O–H groups in total. The number of rotatable bonds is 6. The number of hydrogen-bond donors (Lipinski definition) is 2. The molecule has 2 saturated heterocycles. The Hall–Kier alpha value is -2.45. The Labute approximate surface area is 177 Å². The molecule has 2 fully saturated rings. The van der Waals surface area contributed by atoms with Crippen LogP contribution in [-0.4, -0.2) is 73.5 Å². The number of ether oxygens (including phenoxy) is 1. The van der Waals surface area contributed by atoms with Crippen LogP contribution >= 0.6 is 0 Å². The van der Waals surface area contributed by atoms with Gasteiger partial charge in [-0.1, -0.05) is 13.8 Å². The fourth-order valence-corrected chi connectivity index (χ4v) is 3.77. The Kier molecular flexibility index (Phi) is 7.81. The molecule has 3 rings (SSSR count). The largest absolute Gasteiger partial charge is 0.379 e. The van der Waals surface area contributed by atoms with Crippen LogP contribution in [0.25, 0.3) is 0 Å². The Bertz CT molecular complexity index is 736. The summed E-state index contributed by atoms with van der Waals surface area (Å²) >= 11 is 0. The fourth-order valence-electron chi connectivity index (χ4n) is 3.77. The fraction of sp³-hybridized carbons (Fsp3) is 0.591. The van der Waals surface area contributed by atoms with Crippen molar-refractivity contribution in [2.75, 3.05) is 56.6 Å². The van der Waals surface area contributed by atoms with Gasteiger partial charge in [-0.3, -0.25) is 19.3 Å². The van der Waals surface area contributed by atoms with E-state index in [1.165, 1.54) is 0 Å². The minimum absolute atomic E-state index is 0.0109. The van der Waals surface area contributed by atoms with Crippen molar-refractivity contribution in [3.05, 3.63) is 24.3 Å². The summed E-state index contributed by atoms with van der Waals surface area (Å²) in [7, 11) is 0. The van der Waals surface area contributed by atoms with Crippen molar-refractivity contribution in [3.63, 3.8) is 0 Å². The normalized spacial score (nSPS) is 18.3. The summed E-state index contributed by atoms with van der Waals surface area (Å²) in [4.78, 5) is 40.7. The van der Waals surface area contributed by atoms with E-state index < -0.39 is 0 Å². The highest BCUT2D eigenvalue weighted by molar-refractivity contribution is 5.94. The molecule has 0 aromatic heterocycles. The van der Waals surface area contributed by atoms with Crippen LogP contribution in [0.3, 0.4) is 0 Å². The van der Waals surface area contributed by atoms with Crippen molar-refractivity contribution in [2.45, 2.75) is 26.7 Å². The van der Waals surface area contributed by atoms with Gasteiger partial charge in [-0.25, -0.2) is 0 Å². The molecule has 8 nitrogen and oxygen atoms in total. The topological polar surface area (TPSA) is 91.0 Å². The van der Waals surface area contributed by atoms with Crippen LogP contribution in [-0.2, 0) is 19.1 Å². The second kappa shape index (κ2) is 10.5. The summed E-state index contributed by atoms with van der Waals surface area (Å²) in [5.74, 6) is -0.0235. The summed E-state index contributed by atoms with van der Waals surface area (Å²) in [6.07, 6.45) is 1.36. The highest BCUT2D eigenvalue weighted by Crippen LogP contribution is 2.21. The zero-order valence-corrected chi connectivity index (χ0v) is 17.9. The number of nitrogens with one attached hydrogen (secondary N) is 2. The molecule has 164 valence electrons. The second-order valence-corrected chi connectivity index (χ2v) is 8.26. The highest BCUT2D eigenvalue weighted by Gasteiger charge is 2.28. The summed E-state index contributed by atoms with van der Waals surface area (Å²) in [6.45, 7) is 8.26. The van der Waals surface area contributed by atoms with Crippen LogP contribution in [0.2, 0.25) is 0 Å². The molecule has 0 spiro atoms.